The topological polar surface area (TPSA) is 135 Å². The Balaban J connectivity index is 1.85. The summed E-state index contributed by atoms with van der Waals surface area (Å²) in [5, 5.41) is 15.5. The van der Waals surface area contributed by atoms with E-state index in [1.807, 2.05) is 30.3 Å². The van der Waals surface area contributed by atoms with Crippen LogP contribution in [0, 0.1) is 17.2 Å². The van der Waals surface area contributed by atoms with Gasteiger partial charge in [-0.2, -0.15) is 5.26 Å². The van der Waals surface area contributed by atoms with Crippen LogP contribution in [0.25, 0.3) is 0 Å². The number of benzene rings is 2. The lowest BCUT2D eigenvalue weighted by atomic mass is 9.78. The first-order chi connectivity index (χ1) is 16.9. The summed E-state index contributed by atoms with van der Waals surface area (Å²) in [6.07, 6.45) is 0. The molecule has 0 spiro atoms. The zero-order valence-electron chi connectivity index (χ0n) is 19.1. The van der Waals surface area contributed by atoms with Gasteiger partial charge >= 0.3 is 11.9 Å². The molecule has 0 fully saturated rings. The van der Waals surface area contributed by atoms with Crippen LogP contribution in [0.3, 0.4) is 0 Å². The van der Waals surface area contributed by atoms with Crippen LogP contribution in [-0.2, 0) is 30.4 Å². The summed E-state index contributed by atoms with van der Waals surface area (Å²) in [6.45, 7) is 0.344. The Morgan fingerprint density at radius 3 is 2.34 bits per heavy atom. The quantitative estimate of drug-likeness (QED) is 0.422. The Bertz CT molecular complexity index is 1190. The molecular formula is C25H23N3O6S. The monoisotopic (exact) mass is 493 g/mol. The molecule has 180 valence electrons. The number of carbonyl (C=O) groups is 4. The molecule has 0 bridgehead atoms. The second kappa shape index (κ2) is 11.9. The van der Waals surface area contributed by atoms with Crippen molar-refractivity contribution in [3.05, 3.63) is 81.9 Å². The van der Waals surface area contributed by atoms with Gasteiger partial charge < -0.3 is 20.1 Å². The summed E-state index contributed by atoms with van der Waals surface area (Å²) in [7, 11) is 2.41. The second-order valence-electron chi connectivity index (χ2n) is 7.49. The minimum atomic E-state index is -1.31. The highest BCUT2D eigenvalue weighted by Crippen LogP contribution is 2.40. The van der Waals surface area contributed by atoms with Crippen molar-refractivity contribution in [3.63, 3.8) is 0 Å². The number of amides is 2. The van der Waals surface area contributed by atoms with E-state index in [-0.39, 0.29) is 27.8 Å². The molecule has 9 nitrogen and oxygen atoms in total. The van der Waals surface area contributed by atoms with Crippen LogP contribution in [0.4, 0.5) is 0 Å². The largest absolute Gasteiger partial charge is 0.468 e. The summed E-state index contributed by atoms with van der Waals surface area (Å²) >= 11 is 0.995. The summed E-state index contributed by atoms with van der Waals surface area (Å²) in [6, 6.07) is 17.5. The van der Waals surface area contributed by atoms with Crippen molar-refractivity contribution in [2.45, 2.75) is 12.5 Å². The predicted octanol–water partition coefficient (Wildman–Crippen LogP) is 2.26. The van der Waals surface area contributed by atoms with E-state index in [4.69, 9.17) is 9.47 Å². The average Bonchev–Trinajstić information content (AvgIpc) is 2.90. The summed E-state index contributed by atoms with van der Waals surface area (Å²) in [4.78, 5) is 49.5. The van der Waals surface area contributed by atoms with E-state index in [1.54, 1.807) is 12.1 Å². The van der Waals surface area contributed by atoms with Crippen molar-refractivity contribution in [3.8, 4) is 6.07 Å². The molecule has 0 saturated heterocycles. The Kier molecular flexibility index (Phi) is 8.64. The number of methoxy groups -OCH3 is 2. The first-order valence-electron chi connectivity index (χ1n) is 10.5. The molecule has 0 saturated carbocycles. The number of allylic oxidation sites excluding steroid dienone is 1. The van der Waals surface area contributed by atoms with Crippen molar-refractivity contribution in [2.24, 2.45) is 5.92 Å². The van der Waals surface area contributed by atoms with Gasteiger partial charge in [0, 0.05) is 12.5 Å². The van der Waals surface area contributed by atoms with Gasteiger partial charge in [0.2, 0.25) is 11.8 Å². The number of nitrogens with one attached hydrogen (secondary N) is 2. The van der Waals surface area contributed by atoms with Gasteiger partial charge in [0.05, 0.1) is 42.2 Å². The molecule has 1 aliphatic rings. The van der Waals surface area contributed by atoms with Crippen LogP contribution in [0.2, 0.25) is 0 Å². The molecular weight excluding hydrogens is 470 g/mol. The van der Waals surface area contributed by atoms with Crippen molar-refractivity contribution in [1.82, 2.24) is 10.6 Å². The highest BCUT2D eigenvalue weighted by atomic mass is 32.2. The molecule has 0 aromatic heterocycles. The molecule has 10 heteroatoms. The second-order valence-corrected chi connectivity index (χ2v) is 8.47. The van der Waals surface area contributed by atoms with E-state index in [9.17, 15) is 24.4 Å². The average molecular weight is 494 g/mol. The van der Waals surface area contributed by atoms with Gasteiger partial charge in [-0.15, -0.1) is 0 Å². The van der Waals surface area contributed by atoms with Crippen LogP contribution < -0.4 is 10.6 Å². The van der Waals surface area contributed by atoms with E-state index >= 15 is 0 Å². The smallest absolute Gasteiger partial charge is 0.337 e. The molecule has 0 radical (unpaired) electrons. The number of nitriles is 1. The summed E-state index contributed by atoms with van der Waals surface area (Å²) in [5.41, 5.74) is 1.79. The van der Waals surface area contributed by atoms with Gasteiger partial charge in [-0.3, -0.25) is 14.4 Å². The van der Waals surface area contributed by atoms with E-state index < -0.39 is 29.7 Å². The molecule has 2 N–H and O–H groups in total. The van der Waals surface area contributed by atoms with E-state index in [0.29, 0.717) is 12.1 Å². The zero-order valence-corrected chi connectivity index (χ0v) is 19.9. The number of hydrogen-bond acceptors (Lipinski definition) is 8. The molecule has 0 unspecified atom stereocenters. The molecule has 1 aliphatic heterocycles. The normalized spacial score (nSPS) is 17.1. The van der Waals surface area contributed by atoms with Crippen LogP contribution in [0.5, 0.6) is 0 Å². The first kappa shape index (κ1) is 25.5. The summed E-state index contributed by atoms with van der Waals surface area (Å²) < 4.78 is 9.51. The van der Waals surface area contributed by atoms with Crippen molar-refractivity contribution in [1.29, 1.82) is 5.26 Å². The number of hydrogen-bond donors (Lipinski definition) is 2. The summed E-state index contributed by atoms with van der Waals surface area (Å²) in [5.74, 6) is -4.60. The van der Waals surface area contributed by atoms with Gasteiger partial charge in [0.15, 0.2) is 0 Å². The predicted molar refractivity (Wildman–Crippen MR) is 128 cm³/mol. The molecule has 2 amide bonds. The van der Waals surface area contributed by atoms with E-state index in [1.165, 1.54) is 19.2 Å². The Labute approximate surface area is 206 Å². The molecule has 2 atom stereocenters. The maximum Gasteiger partial charge on any atom is 0.337 e. The van der Waals surface area contributed by atoms with Crippen LogP contribution in [0.1, 0.15) is 27.4 Å². The van der Waals surface area contributed by atoms with Gasteiger partial charge in [-0.1, -0.05) is 54.2 Å². The fourth-order valence-corrected chi connectivity index (χ4v) is 4.49. The molecule has 2 aromatic rings. The lowest BCUT2D eigenvalue weighted by Crippen LogP contribution is -2.44. The standard InChI is InChI=1S/C25H23N3O6S/c1-33-24(31)17-10-8-16(9-11-17)20-18(12-26)23(28-22(30)21(20)25(32)34-2)35-14-19(29)27-13-15-6-4-3-5-7-15/h3-11,20-21H,13-14H2,1-2H3,(H,27,29)(H,28,30)/t20-,21-/m1/s1. The van der Waals surface area contributed by atoms with E-state index in [2.05, 4.69) is 16.7 Å². The van der Waals surface area contributed by atoms with Gasteiger partial charge in [-0.25, -0.2) is 4.79 Å². The number of carbonyl (C=O) groups excluding carboxylic acids is 4. The maximum atomic E-state index is 12.9. The van der Waals surface area contributed by atoms with Crippen LogP contribution in [0.15, 0.2) is 65.2 Å². The highest BCUT2D eigenvalue weighted by molar-refractivity contribution is 8.03. The molecule has 3 rings (SSSR count). The number of rotatable bonds is 8. The van der Waals surface area contributed by atoms with Gasteiger partial charge in [-0.05, 0) is 23.3 Å². The molecule has 1 heterocycles. The lowest BCUT2D eigenvalue weighted by Gasteiger charge is -2.31. The third-order valence-corrected chi connectivity index (χ3v) is 6.37. The van der Waals surface area contributed by atoms with Crippen LogP contribution >= 0.6 is 11.8 Å². The van der Waals surface area contributed by atoms with Crippen molar-refractivity contribution < 1.29 is 28.7 Å². The van der Waals surface area contributed by atoms with Gasteiger partial charge in [0.1, 0.15) is 5.92 Å². The fourth-order valence-electron chi connectivity index (χ4n) is 3.61. The third-order valence-electron chi connectivity index (χ3n) is 5.35. The minimum absolute atomic E-state index is 0.0511. The Morgan fingerprint density at radius 1 is 1.06 bits per heavy atom. The Hall–Kier alpha value is -4.10. The first-order valence-corrected chi connectivity index (χ1v) is 11.5. The van der Waals surface area contributed by atoms with Crippen molar-refractivity contribution >= 4 is 35.5 Å². The molecule has 2 aromatic carbocycles. The fraction of sp³-hybridized carbons (Fsp3) is 0.240. The number of esters is 2. The third kappa shape index (κ3) is 6.07. The van der Waals surface area contributed by atoms with E-state index in [0.717, 1.165) is 24.4 Å². The molecule has 35 heavy (non-hydrogen) atoms. The minimum Gasteiger partial charge on any atom is -0.468 e. The molecule has 0 aliphatic carbocycles. The number of thioether (sulfide) groups is 1. The zero-order chi connectivity index (χ0) is 25.4. The Morgan fingerprint density at radius 2 is 1.74 bits per heavy atom. The SMILES string of the molecule is COC(=O)c1ccc([C@@H]2C(C#N)=C(SCC(=O)NCc3ccccc3)NC(=O)[C@@H]2C(=O)OC)cc1. The van der Waals surface area contributed by atoms with Crippen molar-refractivity contribution in [2.75, 3.05) is 20.0 Å². The number of ether oxygens (including phenoxy) is 2. The highest BCUT2D eigenvalue weighted by Gasteiger charge is 2.44. The van der Waals surface area contributed by atoms with Gasteiger partial charge in [0.25, 0.3) is 0 Å². The number of nitrogens with zero attached hydrogens (tertiary/aromatic N) is 1. The lowest BCUT2D eigenvalue weighted by molar-refractivity contribution is -0.150. The van der Waals surface area contributed by atoms with Crippen LogP contribution in [-0.4, -0.2) is 43.7 Å². The maximum absolute atomic E-state index is 12.9.